The molecule has 27 heavy (non-hydrogen) atoms. The van der Waals surface area contributed by atoms with Crippen LogP contribution in [0.25, 0.3) is 0 Å². The van der Waals surface area contributed by atoms with Gasteiger partial charge in [0.1, 0.15) is 5.69 Å². The molecule has 2 aromatic rings. The summed E-state index contributed by atoms with van der Waals surface area (Å²) in [6.45, 7) is 5.15. The van der Waals surface area contributed by atoms with E-state index in [1.165, 1.54) is 40.7 Å². The zero-order chi connectivity index (χ0) is 19.6. The highest BCUT2D eigenvalue weighted by molar-refractivity contribution is 7.89. The van der Waals surface area contributed by atoms with E-state index in [0.717, 1.165) is 6.42 Å². The Morgan fingerprint density at radius 3 is 2.30 bits per heavy atom. The highest BCUT2D eigenvalue weighted by Crippen LogP contribution is 2.27. The van der Waals surface area contributed by atoms with Crippen molar-refractivity contribution in [1.82, 2.24) is 14.5 Å². The van der Waals surface area contributed by atoms with Crippen LogP contribution in [0.3, 0.4) is 0 Å². The molecule has 2 N–H and O–H groups in total. The van der Waals surface area contributed by atoms with E-state index in [-0.39, 0.29) is 10.6 Å². The quantitative estimate of drug-likeness (QED) is 0.825. The minimum absolute atomic E-state index is 0.0580. The fourth-order valence-corrected chi connectivity index (χ4v) is 5.01. The van der Waals surface area contributed by atoms with Gasteiger partial charge in [0.05, 0.1) is 4.90 Å². The van der Waals surface area contributed by atoms with Crippen molar-refractivity contribution in [2.24, 2.45) is 11.8 Å². The number of rotatable bonds is 4. The number of benzene rings is 1. The van der Waals surface area contributed by atoms with Crippen molar-refractivity contribution in [2.45, 2.75) is 25.2 Å². The normalized spacial score (nSPS) is 21.0. The Bertz CT molecular complexity index is 955. The summed E-state index contributed by atoms with van der Waals surface area (Å²) >= 11 is 0. The van der Waals surface area contributed by atoms with Crippen LogP contribution in [0.5, 0.6) is 0 Å². The summed E-state index contributed by atoms with van der Waals surface area (Å²) in [5.74, 6) is 0.152. The van der Waals surface area contributed by atoms with Gasteiger partial charge in [-0.3, -0.25) is 9.59 Å². The summed E-state index contributed by atoms with van der Waals surface area (Å²) < 4.78 is 27.3. The summed E-state index contributed by atoms with van der Waals surface area (Å²) in [7, 11) is -3.56. The van der Waals surface area contributed by atoms with Gasteiger partial charge in [-0.05, 0) is 48.6 Å². The lowest BCUT2D eigenvalue weighted by atomic mass is 9.94. The number of nitrogens with zero attached hydrogens (tertiary/aromatic N) is 2. The smallest absolute Gasteiger partial charge is 0.276 e. The van der Waals surface area contributed by atoms with Gasteiger partial charge >= 0.3 is 0 Å². The lowest BCUT2D eigenvalue weighted by Crippen LogP contribution is -2.42. The topological polar surface area (TPSA) is 112 Å². The Labute approximate surface area is 157 Å². The number of aromatic nitrogens is 2. The van der Waals surface area contributed by atoms with E-state index in [1.807, 2.05) is 0 Å². The molecule has 0 unspecified atom stereocenters. The molecule has 1 aliphatic heterocycles. The van der Waals surface area contributed by atoms with Crippen molar-refractivity contribution in [3.63, 3.8) is 0 Å². The van der Waals surface area contributed by atoms with E-state index in [9.17, 15) is 18.0 Å². The van der Waals surface area contributed by atoms with Gasteiger partial charge in [0.15, 0.2) is 0 Å². The standard InChI is InChI=1S/C18H22N4O4S/c1-12-9-13(2)11-22(10-12)27(25,26)15-5-3-14(4-6-15)19-18(24)16-7-8-17(23)21-20-16/h3-8,12-13H,9-11H2,1-2H3,(H,19,24)(H,21,23)/t12-,13-/m0/s1. The molecule has 0 aliphatic carbocycles. The maximum absolute atomic E-state index is 12.9. The van der Waals surface area contributed by atoms with E-state index < -0.39 is 21.5 Å². The number of anilines is 1. The van der Waals surface area contributed by atoms with E-state index in [4.69, 9.17) is 0 Å². The fourth-order valence-electron chi connectivity index (χ4n) is 3.33. The van der Waals surface area contributed by atoms with E-state index in [0.29, 0.717) is 30.6 Å². The van der Waals surface area contributed by atoms with Crippen molar-refractivity contribution < 1.29 is 13.2 Å². The van der Waals surface area contributed by atoms with Gasteiger partial charge in [-0.1, -0.05) is 13.8 Å². The van der Waals surface area contributed by atoms with Crippen LogP contribution in [0, 0.1) is 11.8 Å². The molecule has 1 aromatic carbocycles. The molecule has 1 amide bonds. The third-order valence-corrected chi connectivity index (χ3v) is 6.34. The second-order valence-corrected chi connectivity index (χ2v) is 8.99. The molecule has 8 nitrogen and oxygen atoms in total. The second-order valence-electron chi connectivity index (χ2n) is 7.05. The van der Waals surface area contributed by atoms with Crippen LogP contribution < -0.4 is 10.9 Å². The molecule has 0 spiro atoms. The predicted octanol–water partition coefficient (Wildman–Crippen LogP) is 1.69. The minimum atomic E-state index is -3.56. The molecule has 1 aromatic heterocycles. The highest BCUT2D eigenvalue weighted by atomic mass is 32.2. The number of sulfonamides is 1. The largest absolute Gasteiger partial charge is 0.321 e. The first kappa shape index (κ1) is 19.2. The first-order valence-electron chi connectivity index (χ1n) is 8.73. The first-order valence-corrected chi connectivity index (χ1v) is 10.2. The number of hydrogen-bond acceptors (Lipinski definition) is 5. The van der Waals surface area contributed by atoms with Gasteiger partial charge < -0.3 is 5.32 Å². The van der Waals surface area contributed by atoms with Gasteiger partial charge in [-0.25, -0.2) is 13.5 Å². The lowest BCUT2D eigenvalue weighted by Gasteiger charge is -2.34. The van der Waals surface area contributed by atoms with Crippen LogP contribution in [0.15, 0.2) is 46.1 Å². The van der Waals surface area contributed by atoms with Gasteiger partial charge in [0, 0.05) is 24.8 Å². The average Bonchev–Trinajstić information content (AvgIpc) is 2.62. The Morgan fingerprint density at radius 1 is 1.11 bits per heavy atom. The zero-order valence-corrected chi connectivity index (χ0v) is 16.0. The zero-order valence-electron chi connectivity index (χ0n) is 15.2. The third-order valence-electron chi connectivity index (χ3n) is 4.50. The summed E-state index contributed by atoms with van der Waals surface area (Å²) in [4.78, 5) is 23.3. The molecule has 0 bridgehead atoms. The third kappa shape index (κ3) is 4.42. The van der Waals surface area contributed by atoms with Crippen molar-refractivity contribution in [2.75, 3.05) is 18.4 Å². The van der Waals surface area contributed by atoms with Crippen LogP contribution >= 0.6 is 0 Å². The van der Waals surface area contributed by atoms with Crippen molar-refractivity contribution in [3.05, 3.63) is 52.4 Å². The Hall–Kier alpha value is -2.52. The molecule has 3 rings (SSSR count). The number of amides is 1. The maximum atomic E-state index is 12.9. The summed E-state index contributed by atoms with van der Waals surface area (Å²) in [6.07, 6.45) is 1.02. The number of aromatic amines is 1. The number of carbonyl (C=O) groups excluding carboxylic acids is 1. The van der Waals surface area contributed by atoms with E-state index >= 15 is 0 Å². The highest BCUT2D eigenvalue weighted by Gasteiger charge is 2.31. The van der Waals surface area contributed by atoms with Crippen LogP contribution in [-0.2, 0) is 10.0 Å². The Morgan fingerprint density at radius 2 is 1.74 bits per heavy atom. The first-order chi connectivity index (χ1) is 12.8. The molecule has 0 radical (unpaired) electrons. The number of hydrogen-bond donors (Lipinski definition) is 2. The Kier molecular flexibility index (Phi) is 5.43. The minimum Gasteiger partial charge on any atom is -0.321 e. The Balaban J connectivity index is 1.73. The molecule has 0 saturated carbocycles. The van der Waals surface area contributed by atoms with Crippen LogP contribution in [0.1, 0.15) is 30.8 Å². The van der Waals surface area contributed by atoms with Crippen LogP contribution in [0.2, 0.25) is 0 Å². The SMILES string of the molecule is C[C@H]1C[C@H](C)CN(S(=O)(=O)c2ccc(NC(=O)c3ccc(=O)[nH]n3)cc2)C1. The average molecular weight is 390 g/mol. The summed E-state index contributed by atoms with van der Waals surface area (Å²) in [5, 5.41) is 8.46. The van der Waals surface area contributed by atoms with Gasteiger partial charge in [0.2, 0.25) is 10.0 Å². The molecule has 2 atom stereocenters. The van der Waals surface area contributed by atoms with Crippen molar-refractivity contribution >= 4 is 21.6 Å². The monoisotopic (exact) mass is 390 g/mol. The molecule has 1 saturated heterocycles. The van der Waals surface area contributed by atoms with Crippen molar-refractivity contribution in [1.29, 1.82) is 0 Å². The second kappa shape index (κ2) is 7.61. The number of nitrogens with one attached hydrogen (secondary N) is 2. The fraction of sp³-hybridized carbons (Fsp3) is 0.389. The van der Waals surface area contributed by atoms with Gasteiger partial charge in [0.25, 0.3) is 11.5 Å². The molecular weight excluding hydrogens is 368 g/mol. The number of H-pyrrole nitrogens is 1. The predicted molar refractivity (Wildman–Crippen MR) is 101 cm³/mol. The molecular formula is C18H22N4O4S. The number of piperidine rings is 1. The number of carbonyl (C=O) groups is 1. The molecule has 2 heterocycles. The summed E-state index contributed by atoms with van der Waals surface area (Å²) in [6, 6.07) is 8.55. The van der Waals surface area contributed by atoms with Crippen LogP contribution in [0.4, 0.5) is 5.69 Å². The van der Waals surface area contributed by atoms with Crippen molar-refractivity contribution in [3.8, 4) is 0 Å². The molecule has 9 heteroatoms. The van der Waals surface area contributed by atoms with Gasteiger partial charge in [-0.15, -0.1) is 0 Å². The maximum Gasteiger partial charge on any atom is 0.276 e. The van der Waals surface area contributed by atoms with Gasteiger partial charge in [-0.2, -0.15) is 9.40 Å². The molecule has 144 valence electrons. The molecule has 1 fully saturated rings. The lowest BCUT2D eigenvalue weighted by molar-refractivity contribution is 0.102. The summed E-state index contributed by atoms with van der Waals surface area (Å²) in [5.41, 5.74) is 0.0948. The van der Waals surface area contributed by atoms with E-state index in [2.05, 4.69) is 29.4 Å². The van der Waals surface area contributed by atoms with Crippen LogP contribution in [-0.4, -0.2) is 41.9 Å². The van der Waals surface area contributed by atoms with E-state index in [1.54, 1.807) is 0 Å². The molecule has 1 aliphatic rings.